The lowest BCUT2D eigenvalue weighted by atomic mass is 10.2. The van der Waals surface area contributed by atoms with Crippen molar-refractivity contribution in [2.45, 2.75) is 13.8 Å². The fourth-order valence-electron chi connectivity index (χ4n) is 2.82. The number of imidazole rings is 1. The van der Waals surface area contributed by atoms with Crippen molar-refractivity contribution in [1.82, 2.24) is 19.5 Å². The second-order valence-electron chi connectivity index (χ2n) is 6.56. The van der Waals surface area contributed by atoms with E-state index in [9.17, 15) is 9.18 Å². The van der Waals surface area contributed by atoms with Crippen LogP contribution in [0.4, 0.5) is 10.1 Å². The first-order valence-electron chi connectivity index (χ1n) is 9.18. The number of nitrogens with one attached hydrogen (secondary N) is 1. The van der Waals surface area contributed by atoms with Crippen molar-refractivity contribution in [3.05, 3.63) is 90.0 Å². The average Bonchev–Trinajstić information content (AvgIpc) is 3.08. The molecule has 150 valence electrons. The number of benzene rings is 2. The van der Waals surface area contributed by atoms with Gasteiger partial charge in [0.2, 0.25) is 5.88 Å². The minimum atomic E-state index is -0.571. The number of rotatable bonds is 5. The monoisotopic (exact) mass is 403 g/mol. The number of carbonyl (C=O) groups excluding carboxylic acids is 1. The zero-order valence-corrected chi connectivity index (χ0v) is 16.3. The highest BCUT2D eigenvalue weighted by atomic mass is 19.1. The second-order valence-corrected chi connectivity index (χ2v) is 6.56. The fraction of sp³-hybridized carbons (Fsp3) is 0.0909. The van der Waals surface area contributed by atoms with Gasteiger partial charge in [-0.1, -0.05) is 12.1 Å². The molecule has 2 heterocycles. The Morgan fingerprint density at radius 2 is 1.80 bits per heavy atom. The maximum absolute atomic E-state index is 13.7. The number of nitrogens with zero attached hydrogens (tertiary/aromatic N) is 4. The van der Waals surface area contributed by atoms with Gasteiger partial charge in [-0.05, 0) is 50.2 Å². The number of aromatic nitrogens is 4. The Morgan fingerprint density at radius 3 is 2.50 bits per heavy atom. The Labute approximate surface area is 172 Å². The predicted molar refractivity (Wildman–Crippen MR) is 109 cm³/mol. The lowest BCUT2D eigenvalue weighted by Gasteiger charge is -2.09. The highest BCUT2D eigenvalue weighted by Gasteiger charge is 2.11. The van der Waals surface area contributed by atoms with E-state index in [1.807, 2.05) is 18.4 Å². The molecular weight excluding hydrogens is 385 g/mol. The molecule has 2 aromatic heterocycles. The third-order valence-electron chi connectivity index (χ3n) is 4.58. The van der Waals surface area contributed by atoms with Crippen LogP contribution in [-0.4, -0.2) is 25.4 Å². The van der Waals surface area contributed by atoms with Crippen LogP contribution in [0.2, 0.25) is 0 Å². The summed E-state index contributed by atoms with van der Waals surface area (Å²) in [5.41, 5.74) is 2.40. The molecule has 8 heteroatoms. The van der Waals surface area contributed by atoms with Gasteiger partial charge in [-0.25, -0.2) is 19.3 Å². The van der Waals surface area contributed by atoms with E-state index >= 15 is 0 Å². The molecule has 0 unspecified atom stereocenters. The summed E-state index contributed by atoms with van der Waals surface area (Å²) < 4.78 is 21.4. The average molecular weight is 403 g/mol. The first-order chi connectivity index (χ1) is 14.5. The molecule has 0 aliphatic heterocycles. The number of halogens is 1. The third-order valence-corrected chi connectivity index (χ3v) is 4.58. The van der Waals surface area contributed by atoms with E-state index in [2.05, 4.69) is 20.3 Å². The van der Waals surface area contributed by atoms with Gasteiger partial charge in [-0.2, -0.15) is 0 Å². The predicted octanol–water partition coefficient (Wildman–Crippen LogP) is 4.46. The van der Waals surface area contributed by atoms with Crippen molar-refractivity contribution < 1.29 is 13.9 Å². The Hall–Kier alpha value is -4.07. The van der Waals surface area contributed by atoms with Crippen molar-refractivity contribution in [3.8, 4) is 17.4 Å². The van der Waals surface area contributed by atoms with Crippen LogP contribution >= 0.6 is 0 Å². The number of amides is 1. The maximum Gasteiger partial charge on any atom is 0.258 e. The van der Waals surface area contributed by atoms with E-state index < -0.39 is 11.7 Å². The quantitative estimate of drug-likeness (QED) is 0.532. The molecule has 0 aliphatic carbocycles. The Kier molecular flexibility index (Phi) is 5.21. The van der Waals surface area contributed by atoms with Crippen LogP contribution in [0.5, 0.6) is 11.6 Å². The maximum atomic E-state index is 13.7. The molecule has 1 amide bonds. The smallest absolute Gasteiger partial charge is 0.258 e. The highest BCUT2D eigenvalue weighted by Crippen LogP contribution is 2.23. The summed E-state index contributed by atoms with van der Waals surface area (Å²) in [6.45, 7) is 3.89. The zero-order valence-electron chi connectivity index (χ0n) is 16.3. The van der Waals surface area contributed by atoms with Crippen LogP contribution < -0.4 is 10.1 Å². The van der Waals surface area contributed by atoms with Gasteiger partial charge in [0.05, 0.1) is 11.3 Å². The van der Waals surface area contributed by atoms with Crippen molar-refractivity contribution in [2.24, 2.45) is 0 Å². The van der Waals surface area contributed by atoms with Gasteiger partial charge in [0, 0.05) is 17.4 Å². The van der Waals surface area contributed by atoms with Crippen LogP contribution in [0.25, 0.3) is 5.82 Å². The number of hydrogen-bond donors (Lipinski definition) is 1. The van der Waals surface area contributed by atoms with Gasteiger partial charge in [-0.15, -0.1) is 0 Å². The number of carbonyl (C=O) groups is 1. The van der Waals surface area contributed by atoms with E-state index in [0.717, 1.165) is 11.4 Å². The van der Waals surface area contributed by atoms with Gasteiger partial charge in [-0.3, -0.25) is 9.36 Å². The molecule has 2 aromatic carbocycles. The molecule has 4 rings (SSSR count). The van der Waals surface area contributed by atoms with Crippen molar-refractivity contribution in [2.75, 3.05) is 5.32 Å². The van der Waals surface area contributed by atoms with Crippen molar-refractivity contribution in [3.63, 3.8) is 0 Å². The van der Waals surface area contributed by atoms with Gasteiger partial charge in [0.15, 0.2) is 0 Å². The lowest BCUT2D eigenvalue weighted by Crippen LogP contribution is -2.13. The molecule has 0 bridgehead atoms. The molecule has 0 atom stereocenters. The molecular formula is C22H18FN5O2. The second kappa shape index (κ2) is 8.12. The summed E-state index contributed by atoms with van der Waals surface area (Å²) in [4.78, 5) is 24.9. The van der Waals surface area contributed by atoms with Crippen LogP contribution in [0.3, 0.4) is 0 Å². The Balaban J connectivity index is 1.46. The summed E-state index contributed by atoms with van der Waals surface area (Å²) in [7, 11) is 0. The zero-order chi connectivity index (χ0) is 21.1. The Morgan fingerprint density at radius 1 is 1.03 bits per heavy atom. The molecule has 30 heavy (non-hydrogen) atoms. The summed E-state index contributed by atoms with van der Waals surface area (Å²) >= 11 is 0. The Bertz CT molecular complexity index is 1200. The van der Waals surface area contributed by atoms with Gasteiger partial charge in [0.1, 0.15) is 30.0 Å². The number of aryl methyl sites for hydroxylation is 1. The SMILES string of the molecule is Cc1ncn(-c2cc(Oc3ccc(NC(=O)c4ccccc4F)cc3)ncn2)c1C. The van der Waals surface area contributed by atoms with Gasteiger partial charge in [0.25, 0.3) is 5.91 Å². The third kappa shape index (κ3) is 4.02. The highest BCUT2D eigenvalue weighted by molar-refractivity contribution is 6.04. The summed E-state index contributed by atoms with van der Waals surface area (Å²) in [6.07, 6.45) is 3.12. The van der Waals surface area contributed by atoms with Gasteiger partial charge < -0.3 is 10.1 Å². The van der Waals surface area contributed by atoms with Crippen LogP contribution in [0, 0.1) is 19.7 Å². The molecule has 0 saturated carbocycles. The molecule has 0 aliphatic rings. The van der Waals surface area contributed by atoms with Gasteiger partial charge >= 0.3 is 0 Å². The standard InChI is InChI=1S/C22H18FN5O2/c1-14-15(2)28(13-26-14)20-11-21(25-12-24-20)30-17-9-7-16(8-10-17)27-22(29)18-5-3-4-6-19(18)23/h3-13H,1-2H3,(H,27,29). The van der Waals surface area contributed by atoms with Crippen LogP contribution in [0.15, 0.2) is 67.3 Å². The lowest BCUT2D eigenvalue weighted by molar-refractivity contribution is 0.102. The minimum absolute atomic E-state index is 0.0172. The summed E-state index contributed by atoms with van der Waals surface area (Å²) in [6, 6.07) is 14.2. The molecule has 7 nitrogen and oxygen atoms in total. The molecule has 4 aromatic rings. The minimum Gasteiger partial charge on any atom is -0.439 e. The van der Waals surface area contributed by atoms with E-state index in [1.165, 1.54) is 24.5 Å². The van der Waals surface area contributed by atoms with E-state index in [4.69, 9.17) is 4.74 Å². The van der Waals surface area contributed by atoms with E-state index in [0.29, 0.717) is 23.1 Å². The first-order valence-corrected chi connectivity index (χ1v) is 9.18. The largest absolute Gasteiger partial charge is 0.439 e. The molecule has 0 fully saturated rings. The molecule has 0 saturated heterocycles. The van der Waals surface area contributed by atoms with Crippen molar-refractivity contribution >= 4 is 11.6 Å². The number of ether oxygens (including phenoxy) is 1. The molecule has 1 N–H and O–H groups in total. The normalized spacial score (nSPS) is 10.6. The fourth-order valence-corrected chi connectivity index (χ4v) is 2.82. The van der Waals surface area contributed by atoms with Crippen LogP contribution in [0.1, 0.15) is 21.7 Å². The molecule has 0 spiro atoms. The summed E-state index contributed by atoms with van der Waals surface area (Å²) in [5, 5.41) is 2.66. The van der Waals surface area contributed by atoms with E-state index in [-0.39, 0.29) is 5.56 Å². The van der Waals surface area contributed by atoms with E-state index in [1.54, 1.807) is 42.7 Å². The molecule has 0 radical (unpaired) electrons. The summed E-state index contributed by atoms with van der Waals surface area (Å²) in [5.74, 6) is 0.453. The van der Waals surface area contributed by atoms with Crippen molar-refractivity contribution in [1.29, 1.82) is 0 Å². The topological polar surface area (TPSA) is 81.9 Å². The first kappa shape index (κ1) is 19.3. The number of hydrogen-bond acceptors (Lipinski definition) is 5. The van der Waals surface area contributed by atoms with Crippen LogP contribution in [-0.2, 0) is 0 Å². The number of anilines is 1.